The summed E-state index contributed by atoms with van der Waals surface area (Å²) in [6, 6.07) is 3.90. The van der Waals surface area contributed by atoms with Crippen molar-refractivity contribution in [2.45, 2.75) is 38.1 Å². The molecule has 2 N–H and O–H groups in total. The molecule has 0 spiro atoms. The molecular weight excluding hydrogens is 290 g/mol. The molecule has 0 saturated heterocycles. The van der Waals surface area contributed by atoms with Gasteiger partial charge in [0.1, 0.15) is 5.56 Å². The highest BCUT2D eigenvalue weighted by atomic mass is 16.2. The summed E-state index contributed by atoms with van der Waals surface area (Å²) >= 11 is 0. The maximum Gasteiger partial charge on any atom is 0.254 e. The van der Waals surface area contributed by atoms with Gasteiger partial charge >= 0.3 is 0 Å². The molecule has 0 atom stereocenters. The summed E-state index contributed by atoms with van der Waals surface area (Å²) in [5.41, 5.74) is 7.35. The fourth-order valence-corrected chi connectivity index (χ4v) is 2.92. The lowest BCUT2D eigenvalue weighted by atomic mass is 10.1. The molecule has 2 saturated carbocycles. The predicted molar refractivity (Wildman–Crippen MR) is 87.1 cm³/mol. The van der Waals surface area contributed by atoms with E-state index in [4.69, 9.17) is 5.73 Å². The Bertz CT molecular complexity index is 815. The predicted octanol–water partition coefficient (Wildman–Crippen LogP) is 2.30. The van der Waals surface area contributed by atoms with Crippen LogP contribution in [0.2, 0.25) is 0 Å². The van der Waals surface area contributed by atoms with Gasteiger partial charge in [-0.05, 0) is 49.1 Å². The van der Waals surface area contributed by atoms with E-state index in [-0.39, 0.29) is 11.0 Å². The van der Waals surface area contributed by atoms with E-state index in [0.29, 0.717) is 23.1 Å². The maximum atomic E-state index is 12.5. The molecule has 0 aromatic carbocycles. The van der Waals surface area contributed by atoms with Crippen molar-refractivity contribution < 1.29 is 4.79 Å². The van der Waals surface area contributed by atoms with Gasteiger partial charge in [0, 0.05) is 25.1 Å². The minimum Gasteiger partial charge on any atom is -0.365 e. The molecule has 2 heterocycles. The molecule has 2 aromatic heterocycles. The van der Waals surface area contributed by atoms with Gasteiger partial charge in [0.15, 0.2) is 0 Å². The fraction of sp³-hybridized carbons (Fsp3) is 0.389. The van der Waals surface area contributed by atoms with Crippen molar-refractivity contribution in [1.29, 1.82) is 0 Å². The van der Waals surface area contributed by atoms with Crippen LogP contribution in [0, 0.1) is 5.92 Å². The number of aromatic nitrogens is 2. The smallest absolute Gasteiger partial charge is 0.254 e. The van der Waals surface area contributed by atoms with Crippen molar-refractivity contribution in [3.8, 4) is 11.3 Å². The van der Waals surface area contributed by atoms with Crippen LogP contribution < -0.4 is 11.2 Å². The van der Waals surface area contributed by atoms with Gasteiger partial charge in [-0.2, -0.15) is 0 Å². The zero-order chi connectivity index (χ0) is 16.0. The molecule has 2 aromatic rings. The van der Waals surface area contributed by atoms with E-state index in [1.807, 2.05) is 22.9 Å². The van der Waals surface area contributed by atoms with E-state index < -0.39 is 5.91 Å². The van der Waals surface area contributed by atoms with Gasteiger partial charge in [0.05, 0.1) is 11.3 Å². The number of amides is 1. The number of pyridine rings is 2. The Morgan fingerprint density at radius 1 is 1.22 bits per heavy atom. The maximum absolute atomic E-state index is 12.5. The lowest BCUT2D eigenvalue weighted by Crippen LogP contribution is -2.25. The standard InChI is InChI=1S/C18H19N3O2/c19-18(23)15-10-21(8-11-1-2-11)9-14(17(15)22)16-6-5-13(7-20-16)12-3-4-12/h5-7,9-12H,1-4,8H2,(H2,19,23). The molecule has 23 heavy (non-hydrogen) atoms. The first-order chi connectivity index (χ1) is 11.1. The lowest BCUT2D eigenvalue weighted by molar-refractivity contribution is 0.0998. The van der Waals surface area contributed by atoms with Crippen LogP contribution in [0.15, 0.2) is 35.5 Å². The molecule has 0 aliphatic heterocycles. The van der Waals surface area contributed by atoms with Crippen LogP contribution in [0.1, 0.15) is 47.5 Å². The van der Waals surface area contributed by atoms with E-state index in [1.54, 1.807) is 12.4 Å². The SMILES string of the molecule is NC(=O)c1cn(CC2CC2)cc(-c2ccc(C3CC3)cn2)c1=O. The van der Waals surface area contributed by atoms with E-state index in [9.17, 15) is 9.59 Å². The number of rotatable bonds is 5. The highest BCUT2D eigenvalue weighted by Gasteiger charge is 2.25. The van der Waals surface area contributed by atoms with Gasteiger partial charge in [-0.15, -0.1) is 0 Å². The Hall–Kier alpha value is -2.43. The van der Waals surface area contributed by atoms with Crippen LogP contribution >= 0.6 is 0 Å². The molecular formula is C18H19N3O2. The molecule has 5 heteroatoms. The van der Waals surface area contributed by atoms with Crippen molar-refractivity contribution in [2.75, 3.05) is 0 Å². The molecule has 2 aliphatic rings. The van der Waals surface area contributed by atoms with Gasteiger partial charge in [0.25, 0.3) is 5.91 Å². The van der Waals surface area contributed by atoms with Crippen LogP contribution in [-0.4, -0.2) is 15.5 Å². The van der Waals surface area contributed by atoms with Crippen LogP contribution in [0.5, 0.6) is 0 Å². The fourth-order valence-electron chi connectivity index (χ4n) is 2.92. The minimum atomic E-state index is -0.684. The van der Waals surface area contributed by atoms with Crippen molar-refractivity contribution in [3.05, 3.63) is 52.1 Å². The first-order valence-corrected chi connectivity index (χ1v) is 8.12. The molecule has 2 aliphatic carbocycles. The van der Waals surface area contributed by atoms with Crippen LogP contribution in [0.3, 0.4) is 0 Å². The Morgan fingerprint density at radius 2 is 2.00 bits per heavy atom. The quantitative estimate of drug-likeness (QED) is 0.920. The summed E-state index contributed by atoms with van der Waals surface area (Å²) in [4.78, 5) is 28.6. The second-order valence-electron chi connectivity index (χ2n) is 6.67. The highest BCUT2D eigenvalue weighted by molar-refractivity contribution is 5.93. The Labute approximate surface area is 134 Å². The number of nitrogens with zero attached hydrogens (tertiary/aromatic N) is 2. The average Bonchev–Trinajstić information content (AvgIpc) is 3.43. The number of primary amides is 1. The largest absolute Gasteiger partial charge is 0.365 e. The molecule has 0 bridgehead atoms. The first-order valence-electron chi connectivity index (χ1n) is 8.12. The number of hydrogen-bond acceptors (Lipinski definition) is 3. The molecule has 0 radical (unpaired) electrons. The van der Waals surface area contributed by atoms with Gasteiger partial charge in [-0.1, -0.05) is 6.07 Å². The number of hydrogen-bond donors (Lipinski definition) is 1. The molecule has 4 rings (SSSR count). The van der Waals surface area contributed by atoms with Crippen molar-refractivity contribution >= 4 is 5.91 Å². The Kier molecular flexibility index (Phi) is 3.29. The average molecular weight is 309 g/mol. The van der Waals surface area contributed by atoms with Gasteiger partial charge in [-0.25, -0.2) is 0 Å². The summed E-state index contributed by atoms with van der Waals surface area (Å²) in [5.74, 6) is 0.576. The van der Waals surface area contributed by atoms with Crippen molar-refractivity contribution in [3.63, 3.8) is 0 Å². The van der Waals surface area contributed by atoms with E-state index in [2.05, 4.69) is 4.98 Å². The van der Waals surface area contributed by atoms with E-state index in [1.165, 1.54) is 31.2 Å². The zero-order valence-corrected chi connectivity index (χ0v) is 12.9. The monoisotopic (exact) mass is 309 g/mol. The van der Waals surface area contributed by atoms with E-state index in [0.717, 1.165) is 6.54 Å². The third kappa shape index (κ3) is 2.91. The van der Waals surface area contributed by atoms with Gasteiger partial charge < -0.3 is 10.3 Å². The molecule has 118 valence electrons. The number of nitrogens with two attached hydrogens (primary N) is 1. The van der Waals surface area contributed by atoms with Crippen LogP contribution in [0.25, 0.3) is 11.3 Å². The summed E-state index contributed by atoms with van der Waals surface area (Å²) in [6.07, 6.45) is 10.0. The van der Waals surface area contributed by atoms with Gasteiger partial charge in [-0.3, -0.25) is 14.6 Å². The second-order valence-corrected chi connectivity index (χ2v) is 6.67. The van der Waals surface area contributed by atoms with Gasteiger partial charge in [0.2, 0.25) is 5.43 Å². The summed E-state index contributed by atoms with van der Waals surface area (Å²) in [5, 5.41) is 0. The van der Waals surface area contributed by atoms with E-state index >= 15 is 0 Å². The molecule has 5 nitrogen and oxygen atoms in total. The summed E-state index contributed by atoms with van der Waals surface area (Å²) in [6.45, 7) is 0.813. The molecule has 1 amide bonds. The third-order valence-corrected chi connectivity index (χ3v) is 4.62. The van der Waals surface area contributed by atoms with Crippen LogP contribution in [-0.2, 0) is 6.54 Å². The Balaban J connectivity index is 1.76. The molecule has 0 unspecified atom stereocenters. The summed E-state index contributed by atoms with van der Waals surface area (Å²) in [7, 11) is 0. The number of carbonyl (C=O) groups excluding carboxylic acids is 1. The highest BCUT2D eigenvalue weighted by Crippen LogP contribution is 2.39. The first kappa shape index (κ1) is 14.2. The topological polar surface area (TPSA) is 78.0 Å². The van der Waals surface area contributed by atoms with Crippen LogP contribution in [0.4, 0.5) is 0 Å². The number of carbonyl (C=O) groups is 1. The normalized spacial score (nSPS) is 17.2. The Morgan fingerprint density at radius 3 is 2.57 bits per heavy atom. The molecule has 2 fully saturated rings. The lowest BCUT2D eigenvalue weighted by Gasteiger charge is -2.10. The minimum absolute atomic E-state index is 0.0382. The second kappa shape index (κ2) is 5.33. The van der Waals surface area contributed by atoms with Crippen molar-refractivity contribution in [2.24, 2.45) is 11.7 Å². The zero-order valence-electron chi connectivity index (χ0n) is 12.9. The third-order valence-electron chi connectivity index (χ3n) is 4.62. The summed E-state index contributed by atoms with van der Waals surface area (Å²) < 4.78 is 1.91. The van der Waals surface area contributed by atoms with Crippen molar-refractivity contribution in [1.82, 2.24) is 9.55 Å².